The molecule has 2 aromatic carbocycles. The van der Waals surface area contributed by atoms with Crippen LogP contribution in [0.5, 0.6) is 0 Å². The van der Waals surface area contributed by atoms with Crippen molar-refractivity contribution in [2.24, 2.45) is 0 Å². The molecule has 2 rings (SSSR count). The molecule has 0 amide bonds. The second-order valence-corrected chi connectivity index (χ2v) is 5.33. The van der Waals surface area contributed by atoms with Gasteiger partial charge in [-0.15, -0.1) is 0 Å². The molecule has 0 spiro atoms. The summed E-state index contributed by atoms with van der Waals surface area (Å²) in [5, 5.41) is 0.670. The summed E-state index contributed by atoms with van der Waals surface area (Å²) in [5.74, 6) is -0.954. The van der Waals surface area contributed by atoms with Crippen LogP contribution in [0.25, 0.3) is 0 Å². The third-order valence-electron chi connectivity index (χ3n) is 2.85. The molecule has 0 fully saturated rings. The Bertz CT molecular complexity index is 678. The van der Waals surface area contributed by atoms with Gasteiger partial charge in [-0.05, 0) is 37.3 Å². The quantitative estimate of drug-likeness (QED) is 0.621. The van der Waals surface area contributed by atoms with Crippen LogP contribution < -0.4 is 0 Å². The van der Waals surface area contributed by atoms with E-state index in [0.717, 1.165) is 5.56 Å². The van der Waals surface area contributed by atoms with Gasteiger partial charge in [0.1, 0.15) is 0 Å². The zero-order valence-electron chi connectivity index (χ0n) is 11.2. The minimum absolute atomic E-state index is 0.237. The smallest absolute Gasteiger partial charge is 0.338 e. The van der Waals surface area contributed by atoms with Crippen molar-refractivity contribution in [1.29, 1.82) is 0 Å². The fourth-order valence-corrected chi connectivity index (χ4v) is 2.09. The van der Waals surface area contributed by atoms with Crippen molar-refractivity contribution >= 4 is 35.0 Å². The number of rotatable bonds is 4. The van der Waals surface area contributed by atoms with Gasteiger partial charge in [0.05, 0.1) is 10.6 Å². The Morgan fingerprint density at radius 2 is 1.71 bits per heavy atom. The molecule has 5 heteroatoms. The Morgan fingerprint density at radius 3 is 2.38 bits per heavy atom. The molecule has 0 aliphatic carbocycles. The lowest BCUT2D eigenvalue weighted by molar-refractivity contribution is 0.0475. The minimum Gasteiger partial charge on any atom is -0.454 e. The Kier molecular flexibility index (Phi) is 4.99. The molecule has 0 radical (unpaired) electrons. The van der Waals surface area contributed by atoms with Crippen LogP contribution in [0.1, 0.15) is 26.3 Å². The van der Waals surface area contributed by atoms with Crippen molar-refractivity contribution in [2.75, 3.05) is 6.61 Å². The van der Waals surface area contributed by atoms with Gasteiger partial charge in [-0.25, -0.2) is 4.79 Å². The fraction of sp³-hybridized carbons (Fsp3) is 0.125. The molecule has 0 heterocycles. The second-order valence-electron chi connectivity index (χ2n) is 4.49. The molecule has 21 heavy (non-hydrogen) atoms. The van der Waals surface area contributed by atoms with Crippen LogP contribution in [0.2, 0.25) is 10.0 Å². The predicted molar refractivity (Wildman–Crippen MR) is 82.3 cm³/mol. The van der Waals surface area contributed by atoms with Crippen molar-refractivity contribution in [2.45, 2.75) is 6.92 Å². The Labute approximate surface area is 132 Å². The van der Waals surface area contributed by atoms with E-state index in [0.29, 0.717) is 10.6 Å². The standard InChI is InChI=1S/C16H12Cl2O3/c1-10-2-4-11(5-3-10)16(20)21-9-15(19)13-8-12(17)6-7-14(13)18/h2-8H,9H2,1H3. The van der Waals surface area contributed by atoms with E-state index in [2.05, 4.69) is 0 Å². The number of ketones is 1. The van der Waals surface area contributed by atoms with Crippen LogP contribution in [-0.2, 0) is 4.74 Å². The van der Waals surface area contributed by atoms with Gasteiger partial charge in [0.2, 0.25) is 5.78 Å². The topological polar surface area (TPSA) is 43.4 Å². The highest BCUT2D eigenvalue weighted by Gasteiger charge is 2.14. The molecule has 2 aromatic rings. The van der Waals surface area contributed by atoms with E-state index in [4.69, 9.17) is 27.9 Å². The van der Waals surface area contributed by atoms with Gasteiger partial charge in [-0.1, -0.05) is 40.9 Å². The Hall–Kier alpha value is -1.84. The lowest BCUT2D eigenvalue weighted by Crippen LogP contribution is -2.14. The number of ether oxygens (including phenoxy) is 1. The van der Waals surface area contributed by atoms with Gasteiger partial charge in [0.15, 0.2) is 6.61 Å². The summed E-state index contributed by atoms with van der Waals surface area (Å²) in [7, 11) is 0. The number of esters is 1. The molecule has 0 N–H and O–H groups in total. The van der Waals surface area contributed by atoms with Crippen LogP contribution >= 0.6 is 23.2 Å². The maximum absolute atomic E-state index is 12.0. The maximum atomic E-state index is 12.0. The third kappa shape index (κ3) is 4.06. The molecule has 0 saturated carbocycles. The SMILES string of the molecule is Cc1ccc(C(=O)OCC(=O)c2cc(Cl)ccc2Cl)cc1. The molecule has 0 atom stereocenters. The summed E-state index contributed by atoms with van der Waals surface area (Å²) in [6, 6.07) is 11.4. The van der Waals surface area contributed by atoms with Gasteiger partial charge in [0.25, 0.3) is 0 Å². The molecule has 0 aliphatic heterocycles. The fourth-order valence-electron chi connectivity index (χ4n) is 1.69. The van der Waals surface area contributed by atoms with Crippen LogP contribution in [0.4, 0.5) is 0 Å². The lowest BCUT2D eigenvalue weighted by atomic mass is 10.1. The summed E-state index contributed by atoms with van der Waals surface area (Å²) in [6.45, 7) is 1.53. The van der Waals surface area contributed by atoms with Crippen LogP contribution in [0.3, 0.4) is 0 Å². The molecule has 108 valence electrons. The molecular formula is C16H12Cl2O3. The average molecular weight is 323 g/mol. The minimum atomic E-state index is -0.554. The summed E-state index contributed by atoms with van der Waals surface area (Å²) in [5.41, 5.74) is 1.67. The van der Waals surface area contributed by atoms with Gasteiger partial charge < -0.3 is 4.74 Å². The first-order valence-electron chi connectivity index (χ1n) is 6.19. The molecule has 0 bridgehead atoms. The van der Waals surface area contributed by atoms with Crippen molar-refractivity contribution in [3.63, 3.8) is 0 Å². The monoisotopic (exact) mass is 322 g/mol. The van der Waals surface area contributed by atoms with Crippen molar-refractivity contribution in [1.82, 2.24) is 0 Å². The lowest BCUT2D eigenvalue weighted by Gasteiger charge is -2.06. The van der Waals surface area contributed by atoms with E-state index < -0.39 is 11.8 Å². The summed E-state index contributed by atoms with van der Waals surface area (Å²) >= 11 is 11.7. The molecular weight excluding hydrogens is 311 g/mol. The average Bonchev–Trinajstić information content (AvgIpc) is 2.47. The number of aryl methyl sites for hydroxylation is 1. The molecule has 0 saturated heterocycles. The highest BCUT2D eigenvalue weighted by atomic mass is 35.5. The van der Waals surface area contributed by atoms with Crippen LogP contribution in [-0.4, -0.2) is 18.4 Å². The number of hydrogen-bond acceptors (Lipinski definition) is 3. The van der Waals surface area contributed by atoms with Crippen molar-refractivity contribution in [3.8, 4) is 0 Å². The van der Waals surface area contributed by atoms with Gasteiger partial charge in [-0.2, -0.15) is 0 Å². The zero-order valence-corrected chi connectivity index (χ0v) is 12.7. The van der Waals surface area contributed by atoms with Gasteiger partial charge >= 0.3 is 5.97 Å². The second kappa shape index (κ2) is 6.74. The van der Waals surface area contributed by atoms with Crippen molar-refractivity contribution in [3.05, 3.63) is 69.2 Å². The van der Waals surface area contributed by atoms with Gasteiger partial charge in [-0.3, -0.25) is 4.79 Å². The molecule has 0 aliphatic rings. The zero-order chi connectivity index (χ0) is 15.4. The normalized spacial score (nSPS) is 10.2. The summed E-state index contributed by atoms with van der Waals surface area (Å²) in [6.07, 6.45) is 0. The largest absolute Gasteiger partial charge is 0.454 e. The highest BCUT2D eigenvalue weighted by molar-refractivity contribution is 6.36. The number of benzene rings is 2. The van der Waals surface area contributed by atoms with E-state index in [9.17, 15) is 9.59 Å². The van der Waals surface area contributed by atoms with E-state index in [1.54, 1.807) is 30.3 Å². The first kappa shape index (κ1) is 15.5. The summed E-state index contributed by atoms with van der Waals surface area (Å²) in [4.78, 5) is 23.8. The van der Waals surface area contributed by atoms with E-state index in [1.807, 2.05) is 6.92 Å². The van der Waals surface area contributed by atoms with E-state index in [1.165, 1.54) is 12.1 Å². The molecule has 0 aromatic heterocycles. The van der Waals surface area contributed by atoms with E-state index >= 15 is 0 Å². The number of carbonyl (C=O) groups excluding carboxylic acids is 2. The van der Waals surface area contributed by atoms with Crippen LogP contribution in [0.15, 0.2) is 42.5 Å². The Balaban J connectivity index is 2.02. The van der Waals surface area contributed by atoms with E-state index in [-0.39, 0.29) is 17.2 Å². The maximum Gasteiger partial charge on any atom is 0.338 e. The number of hydrogen-bond donors (Lipinski definition) is 0. The highest BCUT2D eigenvalue weighted by Crippen LogP contribution is 2.21. The molecule has 3 nitrogen and oxygen atoms in total. The number of Topliss-reactive ketones (excluding diaryl/α,β-unsaturated/α-hetero) is 1. The Morgan fingerprint density at radius 1 is 1.05 bits per heavy atom. The number of halogens is 2. The third-order valence-corrected chi connectivity index (χ3v) is 3.42. The number of carbonyl (C=O) groups is 2. The van der Waals surface area contributed by atoms with Crippen LogP contribution in [0, 0.1) is 6.92 Å². The first-order chi connectivity index (χ1) is 9.97. The van der Waals surface area contributed by atoms with Gasteiger partial charge in [0, 0.05) is 10.6 Å². The summed E-state index contributed by atoms with van der Waals surface area (Å²) < 4.78 is 4.99. The molecule has 0 unspecified atom stereocenters. The predicted octanol–water partition coefficient (Wildman–Crippen LogP) is 4.34. The first-order valence-corrected chi connectivity index (χ1v) is 6.95. The van der Waals surface area contributed by atoms with Crippen molar-refractivity contribution < 1.29 is 14.3 Å².